The molecule has 0 radical (unpaired) electrons. The number of carbonyl (C=O) groups excluding carboxylic acids is 1. The molecule has 0 aliphatic rings. The number of carbonyl (C=O) groups is 1. The van der Waals surface area contributed by atoms with Gasteiger partial charge >= 0.3 is 5.97 Å². The second-order valence-electron chi connectivity index (χ2n) is 5.54. The van der Waals surface area contributed by atoms with Gasteiger partial charge in [0, 0.05) is 0 Å². The molecule has 3 rings (SSSR count). The maximum Gasteiger partial charge on any atom is 0.374 e. The highest BCUT2D eigenvalue weighted by Gasteiger charge is 2.22. The van der Waals surface area contributed by atoms with E-state index in [2.05, 4.69) is 9.46 Å². The van der Waals surface area contributed by atoms with Crippen LogP contribution < -0.4 is 4.72 Å². The summed E-state index contributed by atoms with van der Waals surface area (Å²) < 4.78 is 37.3. The van der Waals surface area contributed by atoms with Crippen molar-refractivity contribution in [2.24, 2.45) is 0 Å². The molecule has 0 bridgehead atoms. The zero-order valence-corrected chi connectivity index (χ0v) is 14.8. The number of hydrogen-bond acceptors (Lipinski definition) is 5. The number of rotatable bonds is 6. The predicted molar refractivity (Wildman–Crippen MR) is 96.5 cm³/mol. The number of ether oxygens (including phenoxy) is 1. The van der Waals surface area contributed by atoms with Crippen LogP contribution in [0.25, 0.3) is 0 Å². The minimum Gasteiger partial charge on any atom is -0.463 e. The Kier molecular flexibility index (Phi) is 5.09. The Morgan fingerprint density at radius 1 is 1.00 bits per heavy atom. The van der Waals surface area contributed by atoms with Crippen molar-refractivity contribution in [3.8, 4) is 0 Å². The quantitative estimate of drug-likeness (QED) is 0.671. The van der Waals surface area contributed by atoms with E-state index < -0.39 is 16.0 Å². The highest BCUT2D eigenvalue weighted by molar-refractivity contribution is 7.92. The molecule has 1 aromatic heterocycles. The Balaban J connectivity index is 1.86. The number of para-hydroxylation sites is 1. The third-order valence-corrected chi connectivity index (χ3v) is 4.97. The van der Waals surface area contributed by atoms with Gasteiger partial charge in [-0.25, -0.2) is 4.79 Å². The lowest BCUT2D eigenvalue weighted by Crippen LogP contribution is -2.13. The Hall–Kier alpha value is -3.06. The summed E-state index contributed by atoms with van der Waals surface area (Å²) in [5.41, 5.74) is 2.33. The van der Waals surface area contributed by atoms with Crippen molar-refractivity contribution >= 4 is 21.7 Å². The molecule has 1 N–H and O–H groups in total. The maximum atomic E-state index is 12.6. The fourth-order valence-corrected chi connectivity index (χ4v) is 3.50. The van der Waals surface area contributed by atoms with Gasteiger partial charge in [0.15, 0.2) is 0 Å². The Morgan fingerprint density at radius 2 is 1.69 bits per heavy atom. The molecule has 0 spiro atoms. The fraction of sp³-hybridized carbons (Fsp3) is 0.105. The Bertz CT molecular complexity index is 1010. The summed E-state index contributed by atoms with van der Waals surface area (Å²) in [6, 6.07) is 19.3. The largest absolute Gasteiger partial charge is 0.463 e. The topological polar surface area (TPSA) is 85.6 Å². The van der Waals surface area contributed by atoms with Crippen LogP contribution in [0.5, 0.6) is 0 Å². The highest BCUT2D eigenvalue weighted by atomic mass is 32.2. The van der Waals surface area contributed by atoms with Gasteiger partial charge in [-0.3, -0.25) is 4.72 Å². The van der Waals surface area contributed by atoms with Crippen LogP contribution in [0.1, 0.15) is 21.7 Å². The lowest BCUT2D eigenvalue weighted by molar-refractivity contribution is 0.0559. The summed E-state index contributed by atoms with van der Waals surface area (Å²) in [7, 11) is -2.78. The first-order chi connectivity index (χ1) is 12.5. The molecule has 6 nitrogen and oxygen atoms in total. The van der Waals surface area contributed by atoms with Crippen molar-refractivity contribution in [1.29, 1.82) is 0 Å². The zero-order valence-electron chi connectivity index (χ0n) is 14.0. The molecule has 3 aromatic rings. The third kappa shape index (κ3) is 3.94. The molecule has 0 fully saturated rings. The molecule has 134 valence electrons. The molecule has 0 aliphatic heterocycles. The summed E-state index contributed by atoms with van der Waals surface area (Å²) in [6.45, 7) is 0. The Morgan fingerprint density at radius 3 is 2.42 bits per heavy atom. The summed E-state index contributed by atoms with van der Waals surface area (Å²) in [5, 5.41) is -0.354. The van der Waals surface area contributed by atoms with Crippen molar-refractivity contribution in [2.75, 3.05) is 11.8 Å². The first-order valence-electron chi connectivity index (χ1n) is 7.82. The summed E-state index contributed by atoms with van der Waals surface area (Å²) in [4.78, 5) is 11.4. The fourth-order valence-electron chi connectivity index (χ4n) is 2.46. The highest BCUT2D eigenvalue weighted by Crippen LogP contribution is 2.23. The number of sulfonamides is 1. The van der Waals surface area contributed by atoms with E-state index in [1.165, 1.54) is 19.2 Å². The molecule has 0 amide bonds. The Labute approximate surface area is 151 Å². The van der Waals surface area contributed by atoms with Crippen LogP contribution in [-0.2, 0) is 21.2 Å². The molecule has 2 aromatic carbocycles. The van der Waals surface area contributed by atoms with Gasteiger partial charge in [-0.1, -0.05) is 48.5 Å². The molecule has 7 heteroatoms. The van der Waals surface area contributed by atoms with Crippen LogP contribution in [0.4, 0.5) is 5.69 Å². The van der Waals surface area contributed by atoms with Crippen molar-refractivity contribution in [3.63, 3.8) is 0 Å². The average Bonchev–Trinajstić information content (AvgIpc) is 3.15. The number of nitrogens with one attached hydrogen (secondary N) is 1. The summed E-state index contributed by atoms with van der Waals surface area (Å²) in [5.74, 6) is -0.915. The number of hydrogen-bond donors (Lipinski definition) is 1. The van der Waals surface area contributed by atoms with Gasteiger partial charge in [0.2, 0.25) is 10.9 Å². The molecule has 0 saturated carbocycles. The molecule has 1 heterocycles. The van der Waals surface area contributed by atoms with Gasteiger partial charge in [0.1, 0.15) is 0 Å². The standard InChI is InChI=1S/C19H17NO5S/c1-24-19(21)17-11-12-18(25-17)26(22,23)20-16-10-6-5-9-15(16)13-14-7-3-2-4-8-14/h2-12,20H,13H2,1H3. The van der Waals surface area contributed by atoms with Gasteiger partial charge in [-0.15, -0.1) is 0 Å². The van der Waals surface area contributed by atoms with E-state index in [4.69, 9.17) is 4.42 Å². The van der Waals surface area contributed by atoms with E-state index in [0.29, 0.717) is 12.1 Å². The molecule has 26 heavy (non-hydrogen) atoms. The van der Waals surface area contributed by atoms with Gasteiger partial charge in [0.05, 0.1) is 12.8 Å². The molecular formula is C19H17NO5S. The maximum absolute atomic E-state index is 12.6. The van der Waals surface area contributed by atoms with Crippen LogP contribution in [0, 0.1) is 0 Å². The second kappa shape index (κ2) is 7.45. The zero-order chi connectivity index (χ0) is 18.6. The van der Waals surface area contributed by atoms with Gasteiger partial charge in [0.25, 0.3) is 10.0 Å². The first kappa shape index (κ1) is 17.8. The molecule has 0 saturated heterocycles. The van der Waals surface area contributed by atoms with E-state index in [-0.39, 0.29) is 10.9 Å². The third-order valence-electron chi connectivity index (χ3n) is 3.73. The van der Waals surface area contributed by atoms with Crippen LogP contribution >= 0.6 is 0 Å². The van der Waals surface area contributed by atoms with Crippen LogP contribution in [-0.4, -0.2) is 21.5 Å². The molecular weight excluding hydrogens is 354 g/mol. The van der Waals surface area contributed by atoms with E-state index in [9.17, 15) is 13.2 Å². The molecule has 0 aliphatic carbocycles. The normalized spacial score (nSPS) is 11.1. The van der Waals surface area contributed by atoms with Crippen molar-refractivity contribution in [1.82, 2.24) is 0 Å². The van der Waals surface area contributed by atoms with E-state index in [1.54, 1.807) is 12.1 Å². The van der Waals surface area contributed by atoms with Crippen molar-refractivity contribution < 1.29 is 22.4 Å². The minimum atomic E-state index is -3.97. The van der Waals surface area contributed by atoms with Crippen molar-refractivity contribution in [2.45, 2.75) is 11.5 Å². The summed E-state index contributed by atoms with van der Waals surface area (Å²) in [6.07, 6.45) is 0.575. The lowest BCUT2D eigenvalue weighted by atomic mass is 10.0. The summed E-state index contributed by atoms with van der Waals surface area (Å²) >= 11 is 0. The smallest absolute Gasteiger partial charge is 0.374 e. The number of anilines is 1. The van der Waals surface area contributed by atoms with E-state index in [0.717, 1.165) is 11.1 Å². The number of esters is 1. The molecule has 0 unspecified atom stereocenters. The monoisotopic (exact) mass is 371 g/mol. The van der Waals surface area contributed by atoms with Gasteiger partial charge in [-0.2, -0.15) is 8.42 Å². The molecule has 0 atom stereocenters. The predicted octanol–water partition coefficient (Wildman–Crippen LogP) is 3.46. The van der Waals surface area contributed by atoms with E-state index in [1.807, 2.05) is 42.5 Å². The number of methoxy groups -OCH3 is 1. The van der Waals surface area contributed by atoms with Gasteiger partial charge < -0.3 is 9.15 Å². The lowest BCUT2D eigenvalue weighted by Gasteiger charge is -2.11. The SMILES string of the molecule is COC(=O)c1ccc(S(=O)(=O)Nc2ccccc2Cc2ccccc2)o1. The second-order valence-corrected chi connectivity index (χ2v) is 7.15. The van der Waals surface area contributed by atoms with Crippen LogP contribution in [0.2, 0.25) is 0 Å². The number of furan rings is 1. The van der Waals surface area contributed by atoms with Gasteiger partial charge in [-0.05, 0) is 35.7 Å². The van der Waals surface area contributed by atoms with Crippen LogP contribution in [0.15, 0.2) is 76.2 Å². The number of benzene rings is 2. The average molecular weight is 371 g/mol. The minimum absolute atomic E-state index is 0.176. The van der Waals surface area contributed by atoms with Crippen LogP contribution in [0.3, 0.4) is 0 Å². The first-order valence-corrected chi connectivity index (χ1v) is 9.31. The van der Waals surface area contributed by atoms with E-state index >= 15 is 0 Å². The van der Waals surface area contributed by atoms with Crippen molar-refractivity contribution in [3.05, 3.63) is 83.6 Å².